The van der Waals surface area contributed by atoms with Gasteiger partial charge >= 0.3 is 6.09 Å². The Bertz CT molecular complexity index is 587. The van der Waals surface area contributed by atoms with Crippen LogP contribution in [0, 0.1) is 0 Å². The molecule has 1 unspecified atom stereocenters. The summed E-state index contributed by atoms with van der Waals surface area (Å²) in [5, 5.41) is 19.6. The van der Waals surface area contributed by atoms with Crippen molar-refractivity contribution in [1.82, 2.24) is 15.1 Å². The molecule has 0 radical (unpaired) electrons. The number of anilines is 1. The number of carbonyl (C=O) groups excluding carboxylic acids is 2. The summed E-state index contributed by atoms with van der Waals surface area (Å²) in [4.78, 5) is 24.2. The van der Waals surface area contributed by atoms with Crippen LogP contribution in [0.25, 0.3) is 0 Å². The van der Waals surface area contributed by atoms with Crippen LogP contribution in [-0.4, -0.2) is 44.1 Å². The monoisotopic (exact) mass is 324 g/mol. The molecular formula is C15H24N4O4. The standard InChI is InChI=1S/C15H24N4O4/c1-14(2,3)23-13(22)17-15(7-5-8-15)11(20)12(21)16-10-6-9-19(4)18-10/h6,9,11,20H,5,7-8H2,1-4H3,(H,17,22)(H,16,18,21). The van der Waals surface area contributed by atoms with Crippen molar-refractivity contribution in [3.05, 3.63) is 12.3 Å². The molecule has 0 aliphatic heterocycles. The second kappa shape index (κ2) is 6.19. The highest BCUT2D eigenvalue weighted by Gasteiger charge is 2.48. The number of aliphatic hydroxyl groups is 1. The van der Waals surface area contributed by atoms with Crippen LogP contribution in [0.2, 0.25) is 0 Å². The molecule has 0 bridgehead atoms. The van der Waals surface area contributed by atoms with Gasteiger partial charge in [0.15, 0.2) is 11.9 Å². The molecule has 0 spiro atoms. The molecule has 128 valence electrons. The Kier molecular flexibility index (Phi) is 4.65. The highest BCUT2D eigenvalue weighted by atomic mass is 16.6. The number of amides is 2. The van der Waals surface area contributed by atoms with Crippen molar-refractivity contribution in [1.29, 1.82) is 0 Å². The smallest absolute Gasteiger partial charge is 0.408 e. The number of nitrogens with one attached hydrogen (secondary N) is 2. The Morgan fingerprint density at radius 3 is 2.52 bits per heavy atom. The summed E-state index contributed by atoms with van der Waals surface area (Å²) in [5.41, 5.74) is -1.63. The van der Waals surface area contributed by atoms with Crippen molar-refractivity contribution in [2.75, 3.05) is 5.32 Å². The quantitative estimate of drug-likeness (QED) is 0.771. The molecule has 23 heavy (non-hydrogen) atoms. The number of rotatable bonds is 4. The van der Waals surface area contributed by atoms with Gasteiger partial charge in [-0.25, -0.2) is 4.79 Å². The van der Waals surface area contributed by atoms with Gasteiger partial charge in [-0.05, 0) is 40.0 Å². The second-order valence-electron chi connectivity index (χ2n) is 6.90. The minimum Gasteiger partial charge on any atom is -0.444 e. The van der Waals surface area contributed by atoms with E-state index in [9.17, 15) is 14.7 Å². The number of hydrogen-bond acceptors (Lipinski definition) is 5. The van der Waals surface area contributed by atoms with Gasteiger partial charge in [0.1, 0.15) is 5.60 Å². The molecule has 1 aromatic heterocycles. The lowest BCUT2D eigenvalue weighted by Crippen LogP contribution is -2.64. The maximum Gasteiger partial charge on any atom is 0.408 e. The number of nitrogens with zero attached hydrogens (tertiary/aromatic N) is 2. The third-order valence-electron chi connectivity index (χ3n) is 3.73. The van der Waals surface area contributed by atoms with Crippen LogP contribution in [-0.2, 0) is 16.6 Å². The predicted octanol–water partition coefficient (Wildman–Crippen LogP) is 1.17. The summed E-state index contributed by atoms with van der Waals surface area (Å²) in [6.07, 6.45) is 1.53. The van der Waals surface area contributed by atoms with Crippen molar-refractivity contribution < 1.29 is 19.4 Å². The van der Waals surface area contributed by atoms with Crippen molar-refractivity contribution in [3.63, 3.8) is 0 Å². The molecule has 0 saturated heterocycles. The maximum absolute atomic E-state index is 12.2. The molecule has 1 aliphatic carbocycles. The van der Waals surface area contributed by atoms with Gasteiger partial charge in [-0.2, -0.15) is 5.10 Å². The predicted molar refractivity (Wildman–Crippen MR) is 83.8 cm³/mol. The normalized spacial score (nSPS) is 17.8. The molecule has 1 fully saturated rings. The Morgan fingerprint density at radius 2 is 2.09 bits per heavy atom. The SMILES string of the molecule is Cn1ccc(NC(=O)C(O)C2(NC(=O)OC(C)(C)C)CCC2)n1. The van der Waals surface area contributed by atoms with E-state index in [1.807, 2.05) is 0 Å². The summed E-state index contributed by atoms with van der Waals surface area (Å²) < 4.78 is 6.75. The van der Waals surface area contributed by atoms with Gasteiger partial charge in [-0.1, -0.05) is 0 Å². The third kappa shape index (κ3) is 4.22. The van der Waals surface area contributed by atoms with Crippen molar-refractivity contribution in [3.8, 4) is 0 Å². The van der Waals surface area contributed by atoms with E-state index < -0.39 is 29.2 Å². The Balaban J connectivity index is 2.00. The molecule has 2 amide bonds. The van der Waals surface area contributed by atoms with Crippen LogP contribution in [0.3, 0.4) is 0 Å². The zero-order valence-electron chi connectivity index (χ0n) is 13.9. The molecule has 1 atom stereocenters. The molecule has 1 heterocycles. The van der Waals surface area contributed by atoms with Crippen LogP contribution in [0.15, 0.2) is 12.3 Å². The number of aliphatic hydroxyl groups excluding tert-OH is 1. The van der Waals surface area contributed by atoms with Crippen LogP contribution in [0.4, 0.5) is 10.6 Å². The first-order valence-electron chi connectivity index (χ1n) is 7.61. The fraction of sp³-hybridized carbons (Fsp3) is 0.667. The summed E-state index contributed by atoms with van der Waals surface area (Å²) in [6, 6.07) is 1.62. The van der Waals surface area contributed by atoms with Gasteiger partial charge < -0.3 is 20.5 Å². The molecule has 8 nitrogen and oxygen atoms in total. The number of aryl methyl sites for hydroxylation is 1. The first-order chi connectivity index (χ1) is 10.6. The third-order valence-corrected chi connectivity index (χ3v) is 3.73. The molecule has 0 aromatic carbocycles. The molecule has 1 saturated carbocycles. The van der Waals surface area contributed by atoms with Gasteiger partial charge in [0.25, 0.3) is 5.91 Å². The topological polar surface area (TPSA) is 105 Å². The highest BCUT2D eigenvalue weighted by Crippen LogP contribution is 2.35. The van der Waals surface area contributed by atoms with Gasteiger partial charge in [0.2, 0.25) is 0 Å². The van der Waals surface area contributed by atoms with E-state index in [4.69, 9.17) is 4.74 Å². The van der Waals surface area contributed by atoms with Crippen molar-refractivity contribution >= 4 is 17.8 Å². The van der Waals surface area contributed by atoms with E-state index in [2.05, 4.69) is 15.7 Å². The summed E-state index contributed by atoms with van der Waals surface area (Å²) >= 11 is 0. The number of ether oxygens (including phenoxy) is 1. The fourth-order valence-electron chi connectivity index (χ4n) is 2.46. The minimum absolute atomic E-state index is 0.350. The molecule has 1 aliphatic rings. The van der Waals surface area contributed by atoms with Crippen LogP contribution in [0.1, 0.15) is 40.0 Å². The zero-order chi connectivity index (χ0) is 17.3. The number of carbonyl (C=O) groups is 2. The zero-order valence-corrected chi connectivity index (χ0v) is 13.9. The highest BCUT2D eigenvalue weighted by molar-refractivity contribution is 5.94. The second-order valence-corrected chi connectivity index (χ2v) is 6.90. The summed E-state index contributed by atoms with van der Waals surface area (Å²) in [7, 11) is 1.73. The maximum atomic E-state index is 12.2. The van der Waals surface area contributed by atoms with Gasteiger partial charge in [-0.3, -0.25) is 9.48 Å². The molecular weight excluding hydrogens is 300 g/mol. The van der Waals surface area contributed by atoms with Gasteiger partial charge in [0.05, 0.1) is 5.54 Å². The number of aromatic nitrogens is 2. The Hall–Kier alpha value is -2.09. The first kappa shape index (κ1) is 17.3. The van der Waals surface area contributed by atoms with E-state index in [0.717, 1.165) is 6.42 Å². The van der Waals surface area contributed by atoms with E-state index in [1.165, 1.54) is 0 Å². The van der Waals surface area contributed by atoms with E-state index in [1.54, 1.807) is 44.8 Å². The average Bonchev–Trinajstić information content (AvgIpc) is 2.76. The lowest BCUT2D eigenvalue weighted by Gasteiger charge is -2.44. The van der Waals surface area contributed by atoms with Gasteiger partial charge in [0, 0.05) is 19.3 Å². The van der Waals surface area contributed by atoms with Crippen molar-refractivity contribution in [2.45, 2.75) is 57.3 Å². The largest absolute Gasteiger partial charge is 0.444 e. The molecule has 2 rings (SSSR count). The lowest BCUT2D eigenvalue weighted by molar-refractivity contribution is -0.131. The number of hydrogen-bond donors (Lipinski definition) is 3. The van der Waals surface area contributed by atoms with E-state index >= 15 is 0 Å². The van der Waals surface area contributed by atoms with Crippen molar-refractivity contribution in [2.24, 2.45) is 7.05 Å². The number of alkyl carbamates (subject to hydrolysis) is 1. The van der Waals surface area contributed by atoms with Crippen LogP contribution >= 0.6 is 0 Å². The molecule has 3 N–H and O–H groups in total. The lowest BCUT2D eigenvalue weighted by atomic mass is 9.72. The minimum atomic E-state index is -1.37. The first-order valence-corrected chi connectivity index (χ1v) is 7.61. The van der Waals surface area contributed by atoms with E-state index in [0.29, 0.717) is 18.7 Å². The van der Waals surface area contributed by atoms with Gasteiger partial charge in [-0.15, -0.1) is 0 Å². The Labute approximate surface area is 135 Å². The van der Waals surface area contributed by atoms with Crippen LogP contribution < -0.4 is 10.6 Å². The fourth-order valence-corrected chi connectivity index (χ4v) is 2.46. The summed E-state index contributed by atoms with van der Waals surface area (Å²) in [5.74, 6) is -0.247. The Morgan fingerprint density at radius 1 is 1.43 bits per heavy atom. The molecule has 1 aromatic rings. The van der Waals surface area contributed by atoms with Crippen LogP contribution in [0.5, 0.6) is 0 Å². The molecule has 8 heteroatoms. The summed E-state index contributed by atoms with van der Waals surface area (Å²) in [6.45, 7) is 5.26. The van der Waals surface area contributed by atoms with E-state index in [-0.39, 0.29) is 0 Å². The average molecular weight is 324 g/mol.